The summed E-state index contributed by atoms with van der Waals surface area (Å²) < 4.78 is 21.8. The van der Waals surface area contributed by atoms with Crippen LogP contribution in [0.4, 0.5) is 0 Å². The smallest absolute Gasteiger partial charge is 0.153 e. The molecule has 3 rings (SSSR count). The molecule has 0 heterocycles. The monoisotopic (exact) mass is 654 g/mol. The van der Waals surface area contributed by atoms with Gasteiger partial charge in [-0.3, -0.25) is 19.2 Å². The van der Waals surface area contributed by atoms with Crippen molar-refractivity contribution in [2.75, 3.05) is 28.4 Å². The van der Waals surface area contributed by atoms with Gasteiger partial charge >= 0.3 is 0 Å². The summed E-state index contributed by atoms with van der Waals surface area (Å²) in [6, 6.07) is 8.70. The van der Waals surface area contributed by atoms with E-state index in [0.717, 1.165) is 32.6 Å². The Labute approximate surface area is 235 Å². The Bertz CT molecular complexity index is 1190. The number of ether oxygens (including phenoxy) is 4. The molecule has 0 saturated carbocycles. The lowest BCUT2D eigenvalue weighted by atomic mass is 10.1. The number of hydrogen-bond donors (Lipinski definition) is 2. The molecule has 0 spiro atoms. The highest BCUT2D eigenvalue weighted by molar-refractivity contribution is 9.11. The number of benzene rings is 3. The van der Waals surface area contributed by atoms with Gasteiger partial charge in [-0.15, -0.1) is 0 Å². The fourth-order valence-corrected chi connectivity index (χ4v) is 3.72. The van der Waals surface area contributed by atoms with Crippen molar-refractivity contribution in [3.63, 3.8) is 0 Å². The molecular weight excluding hydrogens is 632 g/mol. The second-order valence-corrected chi connectivity index (χ2v) is 8.61. The Kier molecular flexibility index (Phi) is 13.6. The SMILES string of the molecule is COc1cc(Br)c(OC)cc1Br.COc1cc(C=O)c(OC)cc1C=O.O=Cc1cc(O)c(C=O)cc1O. The normalized spacial score (nSPS) is 9.42. The van der Waals surface area contributed by atoms with E-state index in [1.54, 1.807) is 14.2 Å². The van der Waals surface area contributed by atoms with Crippen molar-refractivity contribution in [2.45, 2.75) is 0 Å². The summed E-state index contributed by atoms with van der Waals surface area (Å²) in [5.41, 5.74) is 0.626. The summed E-state index contributed by atoms with van der Waals surface area (Å²) in [7, 11) is 6.12. The fraction of sp³-hybridized carbons (Fsp3) is 0.154. The number of rotatable bonds is 8. The number of phenols is 2. The summed E-state index contributed by atoms with van der Waals surface area (Å²) >= 11 is 6.71. The zero-order valence-corrected chi connectivity index (χ0v) is 23.9. The van der Waals surface area contributed by atoms with E-state index in [1.807, 2.05) is 12.1 Å². The first-order chi connectivity index (χ1) is 18.1. The van der Waals surface area contributed by atoms with Crippen LogP contribution in [0, 0.1) is 0 Å². The summed E-state index contributed by atoms with van der Waals surface area (Å²) in [5, 5.41) is 18.1. The van der Waals surface area contributed by atoms with E-state index in [4.69, 9.17) is 29.2 Å². The molecule has 3 aromatic carbocycles. The highest BCUT2D eigenvalue weighted by atomic mass is 79.9. The molecular formula is C26H24Br2O10. The zero-order valence-electron chi connectivity index (χ0n) is 20.7. The molecule has 0 aliphatic carbocycles. The predicted molar refractivity (Wildman–Crippen MR) is 146 cm³/mol. The number of phenolic OH excluding ortho intramolecular Hbond substituents is 2. The first kappa shape index (κ1) is 32.1. The van der Waals surface area contributed by atoms with Crippen LogP contribution in [0.3, 0.4) is 0 Å². The second-order valence-electron chi connectivity index (χ2n) is 6.90. The van der Waals surface area contributed by atoms with Crippen LogP contribution in [-0.2, 0) is 0 Å². The van der Waals surface area contributed by atoms with E-state index < -0.39 is 0 Å². The van der Waals surface area contributed by atoms with Gasteiger partial charge in [-0.2, -0.15) is 0 Å². The third-order valence-corrected chi connectivity index (χ3v) is 5.93. The maximum atomic E-state index is 10.6. The molecule has 3 aromatic rings. The minimum atomic E-state index is -0.315. The number of aromatic hydroxyl groups is 2. The van der Waals surface area contributed by atoms with Gasteiger partial charge in [0.2, 0.25) is 0 Å². The largest absolute Gasteiger partial charge is 0.507 e. The van der Waals surface area contributed by atoms with Crippen LogP contribution in [0.1, 0.15) is 41.4 Å². The lowest BCUT2D eigenvalue weighted by Gasteiger charge is -2.08. The summed E-state index contributed by atoms with van der Waals surface area (Å²) in [4.78, 5) is 41.7. The Morgan fingerprint density at radius 1 is 0.500 bits per heavy atom. The predicted octanol–water partition coefficient (Wildman–Crippen LogP) is 5.28. The maximum absolute atomic E-state index is 10.6. The Morgan fingerprint density at radius 2 is 0.789 bits per heavy atom. The first-order valence-electron chi connectivity index (χ1n) is 10.3. The van der Waals surface area contributed by atoms with Crippen molar-refractivity contribution in [2.24, 2.45) is 0 Å². The number of methoxy groups -OCH3 is 4. The highest BCUT2D eigenvalue weighted by Gasteiger charge is 2.10. The van der Waals surface area contributed by atoms with Crippen molar-refractivity contribution in [3.05, 3.63) is 67.6 Å². The number of carbonyl (C=O) groups is 4. The van der Waals surface area contributed by atoms with Crippen molar-refractivity contribution in [1.29, 1.82) is 0 Å². The number of hydrogen-bond acceptors (Lipinski definition) is 10. The van der Waals surface area contributed by atoms with Gasteiger partial charge in [-0.05, 0) is 68.3 Å². The molecule has 0 bridgehead atoms. The lowest BCUT2D eigenvalue weighted by molar-refractivity contribution is 0.110. The van der Waals surface area contributed by atoms with E-state index in [-0.39, 0.29) is 22.6 Å². The molecule has 0 aromatic heterocycles. The molecule has 0 fully saturated rings. The molecule has 0 amide bonds. The van der Waals surface area contributed by atoms with Crippen molar-refractivity contribution in [1.82, 2.24) is 0 Å². The molecule has 2 N–H and O–H groups in total. The highest BCUT2D eigenvalue weighted by Crippen LogP contribution is 2.35. The van der Waals surface area contributed by atoms with Gasteiger partial charge in [0.1, 0.15) is 34.5 Å². The Morgan fingerprint density at radius 3 is 1.03 bits per heavy atom. The third-order valence-electron chi connectivity index (χ3n) is 4.69. The number of carbonyl (C=O) groups excluding carboxylic acids is 4. The molecule has 0 unspecified atom stereocenters. The quantitative estimate of drug-likeness (QED) is 0.243. The van der Waals surface area contributed by atoms with E-state index in [1.165, 1.54) is 26.4 Å². The van der Waals surface area contributed by atoms with E-state index in [9.17, 15) is 19.2 Å². The lowest BCUT2D eigenvalue weighted by Crippen LogP contribution is -1.96. The van der Waals surface area contributed by atoms with Crippen LogP contribution < -0.4 is 18.9 Å². The van der Waals surface area contributed by atoms with Gasteiger partial charge < -0.3 is 29.2 Å². The van der Waals surface area contributed by atoms with Gasteiger partial charge in [0.15, 0.2) is 25.1 Å². The van der Waals surface area contributed by atoms with Crippen LogP contribution in [0.15, 0.2) is 45.3 Å². The molecule has 12 heteroatoms. The summed E-state index contributed by atoms with van der Waals surface area (Å²) in [6.45, 7) is 0. The van der Waals surface area contributed by atoms with Gasteiger partial charge in [0.05, 0.1) is 59.6 Å². The zero-order chi connectivity index (χ0) is 28.8. The molecule has 0 radical (unpaired) electrons. The van der Waals surface area contributed by atoms with Crippen LogP contribution in [0.25, 0.3) is 0 Å². The molecule has 0 atom stereocenters. The van der Waals surface area contributed by atoms with Crippen molar-refractivity contribution < 1.29 is 48.3 Å². The molecule has 0 saturated heterocycles. The summed E-state index contributed by atoms with van der Waals surface area (Å²) in [5.74, 6) is 1.66. The van der Waals surface area contributed by atoms with Gasteiger partial charge in [-0.25, -0.2) is 0 Å². The van der Waals surface area contributed by atoms with Crippen LogP contribution >= 0.6 is 31.9 Å². The van der Waals surface area contributed by atoms with Gasteiger partial charge in [-0.1, -0.05) is 0 Å². The van der Waals surface area contributed by atoms with Gasteiger partial charge in [0, 0.05) is 0 Å². The van der Waals surface area contributed by atoms with Crippen LogP contribution in [-0.4, -0.2) is 63.8 Å². The summed E-state index contributed by atoms with van der Waals surface area (Å²) in [6.07, 6.45) is 2.08. The topological polar surface area (TPSA) is 146 Å². The first-order valence-corrected chi connectivity index (χ1v) is 11.9. The van der Waals surface area contributed by atoms with Crippen molar-refractivity contribution >= 4 is 57.0 Å². The Balaban J connectivity index is 0.000000286. The maximum Gasteiger partial charge on any atom is 0.153 e. The Hall–Kier alpha value is -3.90. The second kappa shape index (κ2) is 16.0. The third kappa shape index (κ3) is 8.60. The number of aldehydes is 4. The number of halogens is 2. The molecule has 202 valence electrons. The molecule has 0 aliphatic rings. The molecule has 0 aliphatic heterocycles. The van der Waals surface area contributed by atoms with Crippen LogP contribution in [0.2, 0.25) is 0 Å². The van der Waals surface area contributed by atoms with E-state index in [2.05, 4.69) is 31.9 Å². The standard InChI is InChI=1S/C10H10O4.C8H8Br2O2.C8H6O4/c1-13-9-3-8(6-12)10(14-2)4-7(9)5-11;1-11-7-3-6(10)8(12-2)4-5(7)9;9-3-5-1-7(11)6(4-10)2-8(5)12/h3-6H,1-2H3;3-4H,1-2H3;1-4,11-12H. The van der Waals surface area contributed by atoms with Crippen LogP contribution in [0.5, 0.6) is 34.5 Å². The van der Waals surface area contributed by atoms with E-state index >= 15 is 0 Å². The minimum Gasteiger partial charge on any atom is -0.507 e. The molecule has 10 nitrogen and oxygen atoms in total. The molecule has 38 heavy (non-hydrogen) atoms. The van der Waals surface area contributed by atoms with Crippen molar-refractivity contribution in [3.8, 4) is 34.5 Å². The fourth-order valence-electron chi connectivity index (χ4n) is 2.75. The average molecular weight is 656 g/mol. The van der Waals surface area contributed by atoms with E-state index in [0.29, 0.717) is 47.8 Å². The van der Waals surface area contributed by atoms with Gasteiger partial charge in [0.25, 0.3) is 0 Å². The minimum absolute atomic E-state index is 0.0434. The average Bonchev–Trinajstić information content (AvgIpc) is 2.94.